The quantitative estimate of drug-likeness (QED) is 0.622. The van der Waals surface area contributed by atoms with Crippen molar-refractivity contribution in [3.8, 4) is 0 Å². The fourth-order valence-corrected chi connectivity index (χ4v) is 2.53. The molecule has 1 unspecified atom stereocenters. The number of hydrogen-bond acceptors (Lipinski definition) is 2. The molecule has 0 fully saturated rings. The maximum absolute atomic E-state index is 13.3. The number of halogens is 1. The van der Waals surface area contributed by atoms with Gasteiger partial charge in [-0.15, -0.1) is 0 Å². The number of rotatable bonds is 11. The van der Waals surface area contributed by atoms with Crippen molar-refractivity contribution in [3.63, 3.8) is 0 Å². The molecule has 120 valence electrons. The van der Waals surface area contributed by atoms with E-state index in [4.69, 9.17) is 4.74 Å². The molecule has 0 aliphatic rings. The van der Waals surface area contributed by atoms with Crippen molar-refractivity contribution in [2.75, 3.05) is 26.8 Å². The summed E-state index contributed by atoms with van der Waals surface area (Å²) in [4.78, 5) is 0. The van der Waals surface area contributed by atoms with Crippen LogP contribution in [0.3, 0.4) is 0 Å². The van der Waals surface area contributed by atoms with Crippen molar-refractivity contribution < 1.29 is 9.13 Å². The second kappa shape index (κ2) is 10.7. The lowest BCUT2D eigenvalue weighted by molar-refractivity contribution is 0.190. The highest BCUT2D eigenvalue weighted by molar-refractivity contribution is 5.16. The molecule has 1 atom stereocenters. The second-order valence-corrected chi connectivity index (χ2v) is 6.24. The molecule has 0 aromatic heterocycles. The van der Waals surface area contributed by atoms with E-state index in [-0.39, 0.29) is 5.82 Å². The van der Waals surface area contributed by atoms with Crippen molar-refractivity contribution in [2.45, 2.75) is 39.5 Å². The maximum atomic E-state index is 13.3. The summed E-state index contributed by atoms with van der Waals surface area (Å²) in [5.41, 5.74) is 1.10. The van der Waals surface area contributed by atoms with Gasteiger partial charge in [0.05, 0.1) is 0 Å². The van der Waals surface area contributed by atoms with E-state index < -0.39 is 0 Å². The third kappa shape index (κ3) is 8.84. The zero-order valence-electron chi connectivity index (χ0n) is 13.7. The van der Waals surface area contributed by atoms with Crippen LogP contribution in [0.4, 0.5) is 4.39 Å². The number of benzene rings is 1. The van der Waals surface area contributed by atoms with Gasteiger partial charge in [-0.3, -0.25) is 0 Å². The van der Waals surface area contributed by atoms with Crippen molar-refractivity contribution >= 4 is 0 Å². The molecule has 1 aromatic carbocycles. The van der Waals surface area contributed by atoms with Crippen LogP contribution in [0, 0.1) is 17.7 Å². The molecular formula is C18H30FNO. The van der Waals surface area contributed by atoms with Crippen LogP contribution in [-0.2, 0) is 11.2 Å². The molecular weight excluding hydrogens is 265 g/mol. The minimum absolute atomic E-state index is 0.138. The first-order chi connectivity index (χ1) is 10.1. The smallest absolute Gasteiger partial charge is 0.123 e. The predicted octanol–water partition coefficient (Wildman–Crippen LogP) is 4.05. The monoisotopic (exact) mass is 295 g/mol. The molecule has 0 amide bonds. The Kier molecular flexibility index (Phi) is 9.27. The molecule has 3 heteroatoms. The summed E-state index contributed by atoms with van der Waals surface area (Å²) < 4.78 is 18.4. The van der Waals surface area contributed by atoms with Gasteiger partial charge < -0.3 is 10.1 Å². The largest absolute Gasteiger partial charge is 0.385 e. The van der Waals surface area contributed by atoms with E-state index in [0.717, 1.165) is 50.9 Å². The number of nitrogens with one attached hydrogen (secondary N) is 1. The topological polar surface area (TPSA) is 21.3 Å². The fourth-order valence-electron chi connectivity index (χ4n) is 2.53. The Hall–Kier alpha value is -0.930. The highest BCUT2D eigenvalue weighted by Gasteiger charge is 2.10. The molecule has 0 heterocycles. The van der Waals surface area contributed by atoms with Gasteiger partial charge in [-0.2, -0.15) is 0 Å². The van der Waals surface area contributed by atoms with E-state index in [1.807, 2.05) is 6.07 Å². The van der Waals surface area contributed by atoms with Gasteiger partial charge in [-0.25, -0.2) is 4.39 Å². The molecule has 0 aliphatic heterocycles. The molecule has 0 saturated heterocycles. The van der Waals surface area contributed by atoms with Gasteiger partial charge in [0.2, 0.25) is 0 Å². The molecule has 0 saturated carbocycles. The second-order valence-electron chi connectivity index (χ2n) is 6.24. The summed E-state index contributed by atoms with van der Waals surface area (Å²) >= 11 is 0. The Morgan fingerprint density at radius 1 is 1.19 bits per heavy atom. The van der Waals surface area contributed by atoms with E-state index >= 15 is 0 Å². The van der Waals surface area contributed by atoms with Gasteiger partial charge >= 0.3 is 0 Å². The van der Waals surface area contributed by atoms with Crippen LogP contribution in [0.15, 0.2) is 24.3 Å². The van der Waals surface area contributed by atoms with Gasteiger partial charge in [-0.1, -0.05) is 32.4 Å². The molecule has 21 heavy (non-hydrogen) atoms. The molecule has 1 N–H and O–H groups in total. The molecule has 1 rings (SSSR count). The first-order valence-corrected chi connectivity index (χ1v) is 8.06. The SMILES string of the molecule is COCCCCC(CNCC(C)C)Cc1cccc(F)c1. The Morgan fingerprint density at radius 3 is 2.67 bits per heavy atom. The molecule has 0 spiro atoms. The minimum Gasteiger partial charge on any atom is -0.385 e. The van der Waals surface area contributed by atoms with E-state index in [2.05, 4.69) is 19.2 Å². The van der Waals surface area contributed by atoms with Crippen molar-refractivity contribution in [3.05, 3.63) is 35.6 Å². The summed E-state index contributed by atoms with van der Waals surface area (Å²) in [7, 11) is 1.74. The van der Waals surface area contributed by atoms with Gasteiger partial charge in [-0.05, 0) is 61.9 Å². The highest BCUT2D eigenvalue weighted by Crippen LogP contribution is 2.16. The number of unbranched alkanes of at least 4 members (excludes halogenated alkanes) is 1. The summed E-state index contributed by atoms with van der Waals surface area (Å²) in [6.07, 6.45) is 4.36. The van der Waals surface area contributed by atoms with Crippen LogP contribution < -0.4 is 5.32 Å². The molecule has 1 aromatic rings. The van der Waals surface area contributed by atoms with Gasteiger partial charge in [0.15, 0.2) is 0 Å². The van der Waals surface area contributed by atoms with Crippen LogP contribution >= 0.6 is 0 Å². The van der Waals surface area contributed by atoms with E-state index in [9.17, 15) is 4.39 Å². The summed E-state index contributed by atoms with van der Waals surface area (Å²) in [5, 5.41) is 3.54. The Bertz CT molecular complexity index is 381. The van der Waals surface area contributed by atoms with Crippen LogP contribution in [0.1, 0.15) is 38.7 Å². The molecule has 0 bridgehead atoms. The van der Waals surface area contributed by atoms with Crippen molar-refractivity contribution in [1.29, 1.82) is 0 Å². The number of hydrogen-bond donors (Lipinski definition) is 1. The first-order valence-electron chi connectivity index (χ1n) is 8.06. The zero-order chi connectivity index (χ0) is 15.5. The number of methoxy groups -OCH3 is 1. The first kappa shape index (κ1) is 18.1. The summed E-state index contributed by atoms with van der Waals surface area (Å²) in [6.45, 7) is 7.30. The van der Waals surface area contributed by atoms with E-state index in [0.29, 0.717) is 11.8 Å². The van der Waals surface area contributed by atoms with Crippen molar-refractivity contribution in [2.24, 2.45) is 11.8 Å². The van der Waals surface area contributed by atoms with Gasteiger partial charge in [0.1, 0.15) is 5.82 Å². The Labute approximate surface area is 129 Å². The lowest BCUT2D eigenvalue weighted by Crippen LogP contribution is -2.27. The van der Waals surface area contributed by atoms with Crippen molar-refractivity contribution in [1.82, 2.24) is 5.32 Å². The van der Waals surface area contributed by atoms with Crippen LogP contribution in [-0.4, -0.2) is 26.8 Å². The van der Waals surface area contributed by atoms with E-state index in [1.165, 1.54) is 6.07 Å². The van der Waals surface area contributed by atoms with Gasteiger partial charge in [0.25, 0.3) is 0 Å². The summed E-state index contributed by atoms with van der Waals surface area (Å²) in [6, 6.07) is 6.99. The van der Waals surface area contributed by atoms with Gasteiger partial charge in [0, 0.05) is 13.7 Å². The van der Waals surface area contributed by atoms with E-state index in [1.54, 1.807) is 19.2 Å². The van der Waals surface area contributed by atoms with Crippen LogP contribution in [0.25, 0.3) is 0 Å². The van der Waals surface area contributed by atoms with Crippen LogP contribution in [0.2, 0.25) is 0 Å². The minimum atomic E-state index is -0.138. The molecule has 0 radical (unpaired) electrons. The van der Waals surface area contributed by atoms with Crippen LogP contribution in [0.5, 0.6) is 0 Å². The highest BCUT2D eigenvalue weighted by atomic mass is 19.1. The predicted molar refractivity (Wildman–Crippen MR) is 87.0 cm³/mol. The molecule has 2 nitrogen and oxygen atoms in total. The average Bonchev–Trinajstić information content (AvgIpc) is 2.43. The lowest BCUT2D eigenvalue weighted by atomic mass is 9.93. The Morgan fingerprint density at radius 2 is 2.00 bits per heavy atom. The fraction of sp³-hybridized carbons (Fsp3) is 0.667. The zero-order valence-corrected chi connectivity index (χ0v) is 13.7. The summed E-state index contributed by atoms with van der Waals surface area (Å²) in [5.74, 6) is 1.08. The Balaban J connectivity index is 2.45. The third-order valence-electron chi connectivity index (χ3n) is 3.61. The maximum Gasteiger partial charge on any atom is 0.123 e. The number of ether oxygens (including phenoxy) is 1. The molecule has 0 aliphatic carbocycles. The standard InChI is InChI=1S/C18H30FNO/c1-15(2)13-20-14-17(7-4-5-10-21-3)11-16-8-6-9-18(19)12-16/h6,8-9,12,15,17,20H,4-5,7,10-11,13-14H2,1-3H3. The average molecular weight is 295 g/mol. The third-order valence-corrected chi connectivity index (χ3v) is 3.61. The lowest BCUT2D eigenvalue weighted by Gasteiger charge is -2.19. The normalized spacial score (nSPS) is 12.8.